The normalized spacial score (nSPS) is 11.1. The van der Waals surface area contributed by atoms with E-state index < -0.39 is 0 Å². The van der Waals surface area contributed by atoms with Crippen LogP contribution in [0.15, 0.2) is 18.2 Å². The SMILES string of the molecule is CCN(CCOC)c1ccc(CNC(C)C)cc1Cl. The summed E-state index contributed by atoms with van der Waals surface area (Å²) in [7, 11) is 1.72. The molecule has 0 atom stereocenters. The van der Waals surface area contributed by atoms with E-state index in [4.69, 9.17) is 16.3 Å². The molecule has 0 saturated heterocycles. The van der Waals surface area contributed by atoms with E-state index in [1.54, 1.807) is 7.11 Å². The van der Waals surface area contributed by atoms with Gasteiger partial charge in [-0.05, 0) is 24.6 Å². The summed E-state index contributed by atoms with van der Waals surface area (Å²) in [5.41, 5.74) is 2.29. The molecule has 1 N–H and O–H groups in total. The molecule has 0 aliphatic rings. The Bertz CT molecular complexity index is 382. The van der Waals surface area contributed by atoms with Gasteiger partial charge in [-0.2, -0.15) is 0 Å². The van der Waals surface area contributed by atoms with E-state index in [0.29, 0.717) is 12.6 Å². The summed E-state index contributed by atoms with van der Waals surface area (Å²) < 4.78 is 5.13. The first kappa shape index (κ1) is 16.3. The van der Waals surface area contributed by atoms with E-state index in [1.165, 1.54) is 5.56 Å². The molecule has 0 bridgehead atoms. The lowest BCUT2D eigenvalue weighted by atomic mass is 10.2. The number of methoxy groups -OCH3 is 1. The van der Waals surface area contributed by atoms with Gasteiger partial charge < -0.3 is 15.0 Å². The number of likely N-dealkylation sites (N-methyl/N-ethyl adjacent to an activating group) is 1. The Kier molecular flexibility index (Phi) is 7.21. The molecule has 1 aromatic carbocycles. The van der Waals surface area contributed by atoms with Crippen molar-refractivity contribution in [2.45, 2.75) is 33.4 Å². The second-order valence-corrected chi connectivity index (χ2v) is 5.30. The first-order valence-corrected chi connectivity index (χ1v) is 7.22. The highest BCUT2D eigenvalue weighted by Gasteiger charge is 2.09. The molecule has 4 heteroatoms. The molecule has 0 amide bonds. The van der Waals surface area contributed by atoms with Gasteiger partial charge in [-0.15, -0.1) is 0 Å². The minimum Gasteiger partial charge on any atom is -0.383 e. The fourth-order valence-corrected chi connectivity index (χ4v) is 2.21. The van der Waals surface area contributed by atoms with E-state index in [1.807, 2.05) is 6.07 Å². The van der Waals surface area contributed by atoms with Crippen LogP contribution in [0.4, 0.5) is 5.69 Å². The maximum Gasteiger partial charge on any atom is 0.0642 e. The summed E-state index contributed by atoms with van der Waals surface area (Å²) in [5.74, 6) is 0. The van der Waals surface area contributed by atoms with Crippen LogP contribution in [-0.2, 0) is 11.3 Å². The quantitative estimate of drug-likeness (QED) is 0.793. The number of rotatable bonds is 8. The van der Waals surface area contributed by atoms with Crippen molar-refractivity contribution in [3.05, 3.63) is 28.8 Å². The summed E-state index contributed by atoms with van der Waals surface area (Å²) >= 11 is 6.39. The van der Waals surface area contributed by atoms with Gasteiger partial charge in [-0.25, -0.2) is 0 Å². The summed E-state index contributed by atoms with van der Waals surface area (Å²) in [6.07, 6.45) is 0. The van der Waals surface area contributed by atoms with Crippen LogP contribution >= 0.6 is 11.6 Å². The third-order valence-corrected chi connectivity index (χ3v) is 3.32. The van der Waals surface area contributed by atoms with Crippen molar-refractivity contribution in [3.8, 4) is 0 Å². The number of anilines is 1. The highest BCUT2D eigenvalue weighted by atomic mass is 35.5. The lowest BCUT2D eigenvalue weighted by Gasteiger charge is -2.24. The van der Waals surface area contributed by atoms with E-state index in [2.05, 4.69) is 43.1 Å². The summed E-state index contributed by atoms with van der Waals surface area (Å²) in [5, 5.41) is 4.20. The smallest absolute Gasteiger partial charge is 0.0642 e. The molecule has 1 aromatic rings. The van der Waals surface area contributed by atoms with Gasteiger partial charge >= 0.3 is 0 Å². The zero-order valence-corrected chi connectivity index (χ0v) is 13.1. The second kappa shape index (κ2) is 8.41. The third-order valence-electron chi connectivity index (χ3n) is 3.01. The lowest BCUT2D eigenvalue weighted by molar-refractivity contribution is 0.205. The average molecular weight is 285 g/mol. The molecule has 0 saturated carbocycles. The number of nitrogens with one attached hydrogen (secondary N) is 1. The summed E-state index contributed by atoms with van der Waals surface area (Å²) in [4.78, 5) is 2.23. The van der Waals surface area contributed by atoms with Gasteiger partial charge in [0.05, 0.1) is 17.3 Å². The number of ether oxygens (including phenoxy) is 1. The molecule has 19 heavy (non-hydrogen) atoms. The fraction of sp³-hybridized carbons (Fsp3) is 0.600. The van der Waals surface area contributed by atoms with Crippen LogP contribution in [0.3, 0.4) is 0 Å². The standard InChI is InChI=1S/C15H25ClN2O/c1-5-18(8-9-19-4)15-7-6-13(10-14(15)16)11-17-12(2)3/h6-7,10,12,17H,5,8-9,11H2,1-4H3. The summed E-state index contributed by atoms with van der Waals surface area (Å²) in [6.45, 7) is 9.74. The van der Waals surface area contributed by atoms with Crippen molar-refractivity contribution in [2.75, 3.05) is 31.7 Å². The average Bonchev–Trinajstić information content (AvgIpc) is 2.39. The van der Waals surface area contributed by atoms with Gasteiger partial charge in [0, 0.05) is 32.8 Å². The number of halogens is 1. The molecule has 108 valence electrons. The molecule has 3 nitrogen and oxygen atoms in total. The van der Waals surface area contributed by atoms with Crippen molar-refractivity contribution in [2.24, 2.45) is 0 Å². The lowest BCUT2D eigenvalue weighted by Crippen LogP contribution is -2.27. The topological polar surface area (TPSA) is 24.5 Å². The van der Waals surface area contributed by atoms with Gasteiger partial charge in [-0.1, -0.05) is 31.5 Å². The highest BCUT2D eigenvalue weighted by molar-refractivity contribution is 6.33. The third kappa shape index (κ3) is 5.39. The molecule has 0 heterocycles. The zero-order chi connectivity index (χ0) is 14.3. The molecule has 0 unspecified atom stereocenters. The van der Waals surface area contributed by atoms with Crippen molar-refractivity contribution < 1.29 is 4.74 Å². The predicted octanol–water partition coefficient (Wildman–Crippen LogP) is 3.31. The number of benzene rings is 1. The number of hydrogen-bond donors (Lipinski definition) is 1. The Morgan fingerprint density at radius 1 is 1.37 bits per heavy atom. The molecule has 0 spiro atoms. The van der Waals surface area contributed by atoms with Crippen LogP contribution in [0, 0.1) is 0 Å². The van der Waals surface area contributed by atoms with Crippen molar-refractivity contribution in [1.29, 1.82) is 0 Å². The number of nitrogens with zero attached hydrogens (tertiary/aromatic N) is 1. The highest BCUT2D eigenvalue weighted by Crippen LogP contribution is 2.26. The van der Waals surface area contributed by atoms with Gasteiger partial charge in [0.1, 0.15) is 0 Å². The van der Waals surface area contributed by atoms with Crippen LogP contribution in [0.25, 0.3) is 0 Å². The molecule has 0 aliphatic carbocycles. The second-order valence-electron chi connectivity index (χ2n) is 4.89. The van der Waals surface area contributed by atoms with Crippen LogP contribution < -0.4 is 10.2 Å². The van der Waals surface area contributed by atoms with Crippen LogP contribution in [-0.4, -0.2) is 32.8 Å². The van der Waals surface area contributed by atoms with Gasteiger partial charge in [-0.3, -0.25) is 0 Å². The monoisotopic (exact) mass is 284 g/mol. The minimum atomic E-state index is 0.479. The first-order valence-electron chi connectivity index (χ1n) is 6.84. The molecule has 0 radical (unpaired) electrons. The molecule has 1 rings (SSSR count). The Hall–Kier alpha value is -0.770. The maximum absolute atomic E-state index is 6.39. The molecule has 0 aliphatic heterocycles. The van der Waals surface area contributed by atoms with E-state index >= 15 is 0 Å². The zero-order valence-electron chi connectivity index (χ0n) is 12.4. The summed E-state index contributed by atoms with van der Waals surface area (Å²) in [6, 6.07) is 6.75. The maximum atomic E-state index is 6.39. The molecule has 0 aromatic heterocycles. The fourth-order valence-electron chi connectivity index (χ4n) is 1.89. The van der Waals surface area contributed by atoms with Crippen LogP contribution in [0.1, 0.15) is 26.3 Å². The first-order chi connectivity index (χ1) is 9.08. The van der Waals surface area contributed by atoms with Crippen molar-refractivity contribution >= 4 is 17.3 Å². The molecular weight excluding hydrogens is 260 g/mol. The van der Waals surface area contributed by atoms with E-state index in [0.717, 1.165) is 30.3 Å². The van der Waals surface area contributed by atoms with Crippen molar-refractivity contribution in [1.82, 2.24) is 5.32 Å². The molecule has 0 fully saturated rings. The Balaban J connectivity index is 2.74. The van der Waals surface area contributed by atoms with E-state index in [-0.39, 0.29) is 0 Å². The van der Waals surface area contributed by atoms with Gasteiger partial charge in [0.2, 0.25) is 0 Å². The van der Waals surface area contributed by atoms with E-state index in [9.17, 15) is 0 Å². The Labute approximate surface area is 121 Å². The number of hydrogen-bond acceptors (Lipinski definition) is 3. The minimum absolute atomic E-state index is 0.479. The predicted molar refractivity (Wildman–Crippen MR) is 83.2 cm³/mol. The Morgan fingerprint density at radius 2 is 2.11 bits per heavy atom. The van der Waals surface area contributed by atoms with Crippen LogP contribution in [0.5, 0.6) is 0 Å². The largest absolute Gasteiger partial charge is 0.383 e. The van der Waals surface area contributed by atoms with Crippen LogP contribution in [0.2, 0.25) is 5.02 Å². The van der Waals surface area contributed by atoms with Crippen molar-refractivity contribution in [3.63, 3.8) is 0 Å². The van der Waals surface area contributed by atoms with Gasteiger partial charge in [0.15, 0.2) is 0 Å². The molecular formula is C15H25ClN2O. The van der Waals surface area contributed by atoms with Gasteiger partial charge in [0.25, 0.3) is 0 Å². The Morgan fingerprint density at radius 3 is 2.63 bits per heavy atom.